The number of hydrogen-bond acceptors (Lipinski definition) is 6. The fraction of sp³-hybridized carbons (Fsp3) is 0.333. The summed E-state index contributed by atoms with van der Waals surface area (Å²) in [6.07, 6.45) is -3.02. The lowest BCUT2D eigenvalue weighted by molar-refractivity contribution is -0.274. The number of alkyl halides is 3. The molecule has 10 heteroatoms. The highest BCUT2D eigenvalue weighted by molar-refractivity contribution is 5.92. The number of ether oxygens (including phenoxy) is 1. The molecule has 37 heavy (non-hydrogen) atoms. The number of halogens is 3. The molecule has 0 saturated carbocycles. The Morgan fingerprint density at radius 3 is 2.22 bits per heavy atom. The fourth-order valence-electron chi connectivity index (χ4n) is 4.76. The van der Waals surface area contributed by atoms with Gasteiger partial charge in [0.1, 0.15) is 11.4 Å². The molecule has 1 amide bonds. The summed E-state index contributed by atoms with van der Waals surface area (Å²) >= 11 is 0. The third kappa shape index (κ3) is 6.32. The lowest BCUT2D eigenvalue weighted by atomic mass is 10.2. The van der Waals surface area contributed by atoms with Crippen molar-refractivity contribution in [2.75, 3.05) is 55.7 Å². The van der Waals surface area contributed by atoms with E-state index in [1.54, 1.807) is 18.3 Å². The number of nitrogens with zero attached hydrogens (tertiary/aromatic N) is 5. The zero-order chi connectivity index (χ0) is 25.8. The number of piperazine rings is 1. The van der Waals surface area contributed by atoms with Crippen molar-refractivity contribution in [2.24, 2.45) is 0 Å². The summed E-state index contributed by atoms with van der Waals surface area (Å²) in [5.74, 6) is -0.290. The molecule has 7 nitrogen and oxygen atoms in total. The summed E-state index contributed by atoms with van der Waals surface area (Å²) in [5, 5.41) is 0. The van der Waals surface area contributed by atoms with Gasteiger partial charge in [-0.3, -0.25) is 14.7 Å². The number of hydrogen-bond donors (Lipinski definition) is 0. The van der Waals surface area contributed by atoms with Crippen LogP contribution in [-0.2, 0) is 6.54 Å². The smallest absolute Gasteiger partial charge is 0.406 e. The normalized spacial score (nSPS) is 16.8. The van der Waals surface area contributed by atoms with Crippen molar-refractivity contribution in [1.29, 1.82) is 0 Å². The van der Waals surface area contributed by atoms with E-state index < -0.39 is 6.36 Å². The predicted molar refractivity (Wildman–Crippen MR) is 135 cm³/mol. The minimum Gasteiger partial charge on any atom is -0.406 e. The molecule has 0 unspecified atom stereocenters. The van der Waals surface area contributed by atoms with Crippen molar-refractivity contribution in [1.82, 2.24) is 14.8 Å². The Labute approximate surface area is 213 Å². The van der Waals surface area contributed by atoms with E-state index in [2.05, 4.69) is 36.6 Å². The van der Waals surface area contributed by atoms with E-state index in [1.165, 1.54) is 17.8 Å². The van der Waals surface area contributed by atoms with E-state index in [0.717, 1.165) is 37.4 Å². The van der Waals surface area contributed by atoms with Gasteiger partial charge in [0.25, 0.3) is 5.91 Å². The monoisotopic (exact) mass is 511 g/mol. The Morgan fingerprint density at radius 1 is 0.838 bits per heavy atom. The average Bonchev–Trinajstić information content (AvgIpc) is 3.37. The minimum atomic E-state index is -4.70. The number of pyridine rings is 1. The molecule has 2 aliphatic heterocycles. The van der Waals surface area contributed by atoms with E-state index in [4.69, 9.17) is 0 Å². The van der Waals surface area contributed by atoms with Gasteiger partial charge in [0.15, 0.2) is 0 Å². The molecule has 0 radical (unpaired) electrons. The van der Waals surface area contributed by atoms with Crippen molar-refractivity contribution in [3.05, 3.63) is 84.2 Å². The molecular weight excluding hydrogens is 483 g/mol. The molecule has 0 bridgehead atoms. The number of amides is 1. The molecule has 0 aliphatic carbocycles. The van der Waals surface area contributed by atoms with Crippen molar-refractivity contribution in [3.8, 4) is 5.75 Å². The molecule has 2 saturated heterocycles. The summed E-state index contributed by atoms with van der Waals surface area (Å²) in [5.41, 5.74) is 3.44. The SMILES string of the molecule is O=C(c1cc(CN2CCN(c3ccc(OC(F)(F)F)cc3)C2)ccn1)N1CCN(c2ccccc2)CC1. The fourth-order valence-corrected chi connectivity index (χ4v) is 4.76. The number of para-hydroxylation sites is 1. The molecule has 0 N–H and O–H groups in total. The molecule has 3 aromatic rings. The number of rotatable bonds is 6. The van der Waals surface area contributed by atoms with E-state index in [1.807, 2.05) is 35.2 Å². The predicted octanol–water partition coefficient (Wildman–Crippen LogP) is 4.22. The van der Waals surface area contributed by atoms with Crippen molar-refractivity contribution >= 4 is 17.3 Å². The van der Waals surface area contributed by atoms with Crippen LogP contribution in [0.4, 0.5) is 24.5 Å². The zero-order valence-electron chi connectivity index (χ0n) is 20.3. The second-order valence-corrected chi connectivity index (χ2v) is 9.16. The minimum absolute atomic E-state index is 0.0567. The van der Waals surface area contributed by atoms with Crippen molar-refractivity contribution in [3.63, 3.8) is 0 Å². The van der Waals surface area contributed by atoms with Crippen LogP contribution in [0.5, 0.6) is 5.75 Å². The lowest BCUT2D eigenvalue weighted by Gasteiger charge is -2.36. The van der Waals surface area contributed by atoms with Gasteiger partial charge in [-0.25, -0.2) is 0 Å². The molecule has 1 aromatic heterocycles. The van der Waals surface area contributed by atoms with Crippen LogP contribution in [0.25, 0.3) is 0 Å². The van der Waals surface area contributed by atoms with Gasteiger partial charge in [-0.2, -0.15) is 0 Å². The van der Waals surface area contributed by atoms with E-state index in [-0.39, 0.29) is 11.7 Å². The molecule has 194 valence electrons. The van der Waals surface area contributed by atoms with Crippen LogP contribution >= 0.6 is 0 Å². The number of anilines is 2. The average molecular weight is 512 g/mol. The summed E-state index contributed by atoms with van der Waals surface area (Å²) in [4.78, 5) is 25.9. The molecular formula is C27H28F3N5O2. The molecule has 3 heterocycles. The summed E-state index contributed by atoms with van der Waals surface area (Å²) in [6.45, 7) is 5.69. The third-order valence-electron chi connectivity index (χ3n) is 6.63. The number of aromatic nitrogens is 1. The van der Waals surface area contributed by atoms with Crippen LogP contribution < -0.4 is 14.5 Å². The lowest BCUT2D eigenvalue weighted by Crippen LogP contribution is -2.49. The maximum absolute atomic E-state index is 13.1. The Balaban J connectivity index is 1.15. The van der Waals surface area contributed by atoms with Crippen molar-refractivity contribution < 1.29 is 22.7 Å². The Kier molecular flexibility index (Phi) is 7.18. The second-order valence-electron chi connectivity index (χ2n) is 9.16. The van der Waals surface area contributed by atoms with E-state index >= 15 is 0 Å². The topological polar surface area (TPSA) is 52.2 Å². The molecule has 2 fully saturated rings. The maximum Gasteiger partial charge on any atom is 0.573 e. The van der Waals surface area contributed by atoms with Crippen LogP contribution in [0.3, 0.4) is 0 Å². The van der Waals surface area contributed by atoms with Gasteiger partial charge in [0.05, 0.1) is 6.67 Å². The summed E-state index contributed by atoms with van der Waals surface area (Å²) < 4.78 is 41.1. The highest BCUT2D eigenvalue weighted by Gasteiger charge is 2.31. The first-order valence-electron chi connectivity index (χ1n) is 12.2. The number of benzene rings is 2. The van der Waals surface area contributed by atoms with Gasteiger partial charge in [-0.15, -0.1) is 13.2 Å². The largest absolute Gasteiger partial charge is 0.573 e. The molecule has 2 aliphatic rings. The molecule has 5 rings (SSSR count). The first kappa shape index (κ1) is 24.9. The molecule has 2 aromatic carbocycles. The van der Waals surface area contributed by atoms with Gasteiger partial charge < -0.3 is 19.4 Å². The van der Waals surface area contributed by atoms with Crippen LogP contribution in [0.15, 0.2) is 72.9 Å². The zero-order valence-corrected chi connectivity index (χ0v) is 20.3. The second kappa shape index (κ2) is 10.7. The van der Waals surface area contributed by atoms with Crippen LogP contribution in [0, 0.1) is 0 Å². The van der Waals surface area contributed by atoms with E-state index in [9.17, 15) is 18.0 Å². The first-order valence-corrected chi connectivity index (χ1v) is 12.2. The van der Waals surface area contributed by atoms with Gasteiger partial charge in [0.2, 0.25) is 0 Å². The van der Waals surface area contributed by atoms with E-state index in [0.29, 0.717) is 32.0 Å². The van der Waals surface area contributed by atoms with Gasteiger partial charge in [-0.1, -0.05) is 18.2 Å². The standard InChI is InChI=1S/C27H28F3N5O2/c28-27(29,30)37-24-8-6-23(7-9-24)35-13-12-32(20-35)19-21-10-11-31-25(18-21)26(36)34-16-14-33(15-17-34)22-4-2-1-3-5-22/h1-11,18H,12-17,19-20H2. The number of carbonyl (C=O) groups excluding carboxylic acids is 1. The number of carbonyl (C=O) groups is 1. The Hall–Kier alpha value is -3.79. The van der Waals surface area contributed by atoms with Gasteiger partial charge in [0, 0.05) is 63.4 Å². The third-order valence-corrected chi connectivity index (χ3v) is 6.63. The van der Waals surface area contributed by atoms with Crippen LogP contribution in [0.2, 0.25) is 0 Å². The molecule has 0 spiro atoms. The highest BCUT2D eigenvalue weighted by atomic mass is 19.4. The van der Waals surface area contributed by atoms with Gasteiger partial charge in [-0.05, 0) is 54.1 Å². The maximum atomic E-state index is 13.1. The van der Waals surface area contributed by atoms with Crippen LogP contribution in [-0.4, -0.2) is 73.0 Å². The first-order chi connectivity index (χ1) is 17.8. The van der Waals surface area contributed by atoms with Gasteiger partial charge >= 0.3 is 6.36 Å². The Bertz CT molecular complexity index is 1200. The highest BCUT2D eigenvalue weighted by Crippen LogP contribution is 2.27. The van der Waals surface area contributed by atoms with Crippen molar-refractivity contribution in [2.45, 2.75) is 12.9 Å². The Morgan fingerprint density at radius 2 is 1.51 bits per heavy atom. The molecule has 0 atom stereocenters. The quantitative estimate of drug-likeness (QED) is 0.494. The van der Waals surface area contributed by atoms with Crippen LogP contribution in [0.1, 0.15) is 16.1 Å². The summed E-state index contributed by atoms with van der Waals surface area (Å²) in [6, 6.07) is 19.9. The summed E-state index contributed by atoms with van der Waals surface area (Å²) in [7, 11) is 0.